The largest absolute Gasteiger partial charge is 0.393 e. The van der Waals surface area contributed by atoms with Crippen LogP contribution in [0.2, 0.25) is 5.15 Å². The Labute approximate surface area is 106 Å². The monoisotopic (exact) mass is 256 g/mol. The Bertz CT molecular complexity index is 382. The second-order valence-electron chi connectivity index (χ2n) is 4.08. The molecule has 1 aromatic heterocycles. The van der Waals surface area contributed by atoms with E-state index in [0.29, 0.717) is 16.7 Å². The van der Waals surface area contributed by atoms with Gasteiger partial charge in [-0.15, -0.1) is 0 Å². The van der Waals surface area contributed by atoms with Crippen LogP contribution in [0.3, 0.4) is 0 Å². The van der Waals surface area contributed by atoms with Gasteiger partial charge in [-0.2, -0.15) is 0 Å². The maximum atomic E-state index is 5.90. The van der Waals surface area contributed by atoms with Gasteiger partial charge in [0.15, 0.2) is 11.0 Å². The fourth-order valence-electron chi connectivity index (χ4n) is 2.02. The lowest BCUT2D eigenvalue weighted by molar-refractivity contribution is 0.115. The number of nitrogens with two attached hydrogens (primary N) is 1. The van der Waals surface area contributed by atoms with Gasteiger partial charge in [-0.25, -0.2) is 9.97 Å². The maximum absolute atomic E-state index is 5.90. The van der Waals surface area contributed by atoms with E-state index in [9.17, 15) is 0 Å². The highest BCUT2D eigenvalue weighted by Gasteiger charge is 2.21. The number of hydrogen-bond acceptors (Lipinski definition) is 5. The second kappa shape index (κ2) is 5.51. The van der Waals surface area contributed by atoms with E-state index in [2.05, 4.69) is 21.8 Å². The molecule has 0 spiro atoms. The summed E-state index contributed by atoms with van der Waals surface area (Å²) in [5, 5.41) is 0.306. The molecular formula is C11H17ClN4O. The Balaban J connectivity index is 2.13. The Hall–Kier alpha value is -1.07. The standard InChI is InChI=1S/C11H17ClN4O/c1-2-16(6-8-4-3-5-17-8)11-9(13)10(12)14-7-15-11/h7-8H,2-6,13H2,1H3. The van der Waals surface area contributed by atoms with Crippen LogP contribution in [0.1, 0.15) is 19.8 Å². The molecule has 0 aromatic carbocycles. The maximum Gasteiger partial charge on any atom is 0.157 e. The van der Waals surface area contributed by atoms with Crippen molar-refractivity contribution in [2.24, 2.45) is 0 Å². The molecule has 1 fully saturated rings. The van der Waals surface area contributed by atoms with E-state index in [0.717, 1.165) is 32.5 Å². The molecule has 5 nitrogen and oxygen atoms in total. The van der Waals surface area contributed by atoms with Crippen LogP contribution in [0.25, 0.3) is 0 Å². The Kier molecular flexibility index (Phi) is 4.02. The van der Waals surface area contributed by atoms with E-state index < -0.39 is 0 Å². The first kappa shape index (κ1) is 12.4. The molecule has 0 radical (unpaired) electrons. The molecule has 1 aromatic rings. The van der Waals surface area contributed by atoms with Crippen LogP contribution < -0.4 is 10.6 Å². The van der Waals surface area contributed by atoms with E-state index in [-0.39, 0.29) is 6.10 Å². The minimum absolute atomic E-state index is 0.267. The summed E-state index contributed by atoms with van der Waals surface area (Å²) in [5.74, 6) is 0.697. The van der Waals surface area contributed by atoms with Gasteiger partial charge in [0.1, 0.15) is 12.0 Å². The molecule has 0 bridgehead atoms. The quantitative estimate of drug-likeness (QED) is 0.831. The van der Waals surface area contributed by atoms with E-state index in [4.69, 9.17) is 22.1 Å². The van der Waals surface area contributed by atoms with Crippen molar-refractivity contribution in [1.29, 1.82) is 0 Å². The van der Waals surface area contributed by atoms with Gasteiger partial charge in [0.05, 0.1) is 6.10 Å². The molecule has 0 aliphatic carbocycles. The van der Waals surface area contributed by atoms with Gasteiger partial charge in [-0.1, -0.05) is 11.6 Å². The molecule has 0 saturated carbocycles. The summed E-state index contributed by atoms with van der Waals surface area (Å²) in [6, 6.07) is 0. The van der Waals surface area contributed by atoms with Crippen molar-refractivity contribution < 1.29 is 4.74 Å². The zero-order valence-corrected chi connectivity index (χ0v) is 10.7. The Morgan fingerprint density at radius 3 is 3.06 bits per heavy atom. The molecule has 2 rings (SSSR count). The molecule has 94 valence electrons. The van der Waals surface area contributed by atoms with Crippen molar-refractivity contribution >= 4 is 23.1 Å². The summed E-state index contributed by atoms with van der Waals surface area (Å²) in [7, 11) is 0. The average Bonchev–Trinajstić information content (AvgIpc) is 2.83. The molecule has 1 unspecified atom stereocenters. The number of nitrogen functional groups attached to an aromatic ring is 1. The van der Waals surface area contributed by atoms with Gasteiger partial charge >= 0.3 is 0 Å². The lowest BCUT2D eigenvalue weighted by Crippen LogP contribution is -2.33. The summed E-state index contributed by atoms with van der Waals surface area (Å²) >= 11 is 5.90. The molecule has 2 heterocycles. The molecule has 2 N–H and O–H groups in total. The van der Waals surface area contributed by atoms with Crippen LogP contribution in [0.5, 0.6) is 0 Å². The van der Waals surface area contributed by atoms with Gasteiger partial charge in [-0.05, 0) is 19.8 Å². The highest BCUT2D eigenvalue weighted by Crippen LogP contribution is 2.26. The first-order valence-electron chi connectivity index (χ1n) is 5.85. The topological polar surface area (TPSA) is 64.3 Å². The van der Waals surface area contributed by atoms with Crippen molar-refractivity contribution in [3.63, 3.8) is 0 Å². The minimum atomic E-state index is 0.267. The smallest absolute Gasteiger partial charge is 0.157 e. The predicted molar refractivity (Wildman–Crippen MR) is 68.3 cm³/mol. The number of ether oxygens (including phenoxy) is 1. The number of nitrogens with zero attached hydrogens (tertiary/aromatic N) is 3. The SMILES string of the molecule is CCN(CC1CCCO1)c1ncnc(Cl)c1N. The molecule has 1 atom stereocenters. The van der Waals surface area contributed by atoms with Crippen LogP contribution in [-0.4, -0.2) is 35.8 Å². The molecule has 1 aliphatic rings. The van der Waals surface area contributed by atoms with Gasteiger partial charge in [0, 0.05) is 19.7 Å². The number of rotatable bonds is 4. The van der Waals surface area contributed by atoms with Gasteiger partial charge in [0.2, 0.25) is 0 Å². The number of hydrogen-bond donors (Lipinski definition) is 1. The average molecular weight is 257 g/mol. The summed E-state index contributed by atoms with van der Waals surface area (Å²) in [5.41, 5.74) is 6.33. The van der Waals surface area contributed by atoms with Gasteiger partial charge in [-0.3, -0.25) is 0 Å². The normalized spacial score (nSPS) is 19.5. The number of anilines is 2. The molecule has 17 heavy (non-hydrogen) atoms. The number of halogens is 1. The lowest BCUT2D eigenvalue weighted by Gasteiger charge is -2.25. The third-order valence-corrected chi connectivity index (χ3v) is 3.24. The van der Waals surface area contributed by atoms with Crippen LogP contribution in [-0.2, 0) is 4.74 Å². The highest BCUT2D eigenvalue weighted by atomic mass is 35.5. The molecular weight excluding hydrogens is 240 g/mol. The van der Waals surface area contributed by atoms with Crippen molar-refractivity contribution in [2.75, 3.05) is 30.3 Å². The third-order valence-electron chi connectivity index (χ3n) is 2.94. The van der Waals surface area contributed by atoms with Crippen molar-refractivity contribution in [3.8, 4) is 0 Å². The zero-order valence-electron chi connectivity index (χ0n) is 9.90. The van der Waals surface area contributed by atoms with Crippen LogP contribution in [0.4, 0.5) is 11.5 Å². The second-order valence-corrected chi connectivity index (χ2v) is 4.43. The predicted octanol–water partition coefficient (Wildman–Crippen LogP) is 1.72. The van der Waals surface area contributed by atoms with Crippen molar-refractivity contribution in [3.05, 3.63) is 11.5 Å². The van der Waals surface area contributed by atoms with Gasteiger partial charge in [0.25, 0.3) is 0 Å². The fraction of sp³-hybridized carbons (Fsp3) is 0.636. The van der Waals surface area contributed by atoms with E-state index >= 15 is 0 Å². The molecule has 0 amide bonds. The van der Waals surface area contributed by atoms with E-state index in [1.54, 1.807) is 0 Å². The summed E-state index contributed by atoms with van der Waals surface area (Å²) in [4.78, 5) is 10.1. The van der Waals surface area contributed by atoms with Crippen LogP contribution in [0, 0.1) is 0 Å². The van der Waals surface area contributed by atoms with Crippen LogP contribution >= 0.6 is 11.6 Å². The summed E-state index contributed by atoms with van der Waals surface area (Å²) < 4.78 is 5.62. The summed E-state index contributed by atoms with van der Waals surface area (Å²) in [6.07, 6.45) is 3.92. The van der Waals surface area contributed by atoms with Gasteiger partial charge < -0.3 is 15.4 Å². The first-order valence-corrected chi connectivity index (χ1v) is 6.22. The molecule has 1 saturated heterocycles. The highest BCUT2D eigenvalue weighted by molar-refractivity contribution is 6.32. The Morgan fingerprint density at radius 1 is 1.59 bits per heavy atom. The lowest BCUT2D eigenvalue weighted by atomic mass is 10.2. The Morgan fingerprint density at radius 2 is 2.41 bits per heavy atom. The number of likely N-dealkylation sites (N-methyl/N-ethyl adjacent to an activating group) is 1. The summed E-state index contributed by atoms with van der Waals surface area (Å²) in [6.45, 7) is 4.53. The molecule has 6 heteroatoms. The number of aromatic nitrogens is 2. The van der Waals surface area contributed by atoms with Crippen molar-refractivity contribution in [1.82, 2.24) is 9.97 Å². The zero-order chi connectivity index (χ0) is 12.3. The minimum Gasteiger partial charge on any atom is -0.393 e. The fourth-order valence-corrected chi connectivity index (χ4v) is 2.15. The van der Waals surface area contributed by atoms with E-state index in [1.165, 1.54) is 6.33 Å². The molecule has 1 aliphatic heterocycles. The van der Waals surface area contributed by atoms with E-state index in [1.807, 2.05) is 0 Å². The van der Waals surface area contributed by atoms with Crippen LogP contribution in [0.15, 0.2) is 6.33 Å². The first-order chi connectivity index (χ1) is 8.22. The third kappa shape index (κ3) is 2.79. The van der Waals surface area contributed by atoms with Crippen molar-refractivity contribution in [2.45, 2.75) is 25.9 Å².